The number of esters is 1. The van der Waals surface area contributed by atoms with E-state index in [9.17, 15) is 19.7 Å². The van der Waals surface area contributed by atoms with Crippen molar-refractivity contribution in [2.24, 2.45) is 11.7 Å². The van der Waals surface area contributed by atoms with Gasteiger partial charge in [-0.3, -0.25) is 25.1 Å². The number of nitro groups is 1. The van der Waals surface area contributed by atoms with Gasteiger partial charge in [-0.05, 0) is 48.2 Å². The first kappa shape index (κ1) is 25.1. The molecular formula is C26H26N4O5. The maximum Gasteiger partial charge on any atom is 0.311 e. The van der Waals surface area contributed by atoms with E-state index in [0.717, 1.165) is 11.1 Å². The molecule has 0 saturated heterocycles. The van der Waals surface area contributed by atoms with Crippen molar-refractivity contribution in [2.75, 3.05) is 7.11 Å². The summed E-state index contributed by atoms with van der Waals surface area (Å²) in [6.07, 6.45) is 0.293. The van der Waals surface area contributed by atoms with Crippen molar-refractivity contribution >= 4 is 23.4 Å². The molecule has 0 bridgehead atoms. The third-order valence-electron chi connectivity index (χ3n) is 5.70. The lowest BCUT2D eigenvalue weighted by Gasteiger charge is -2.23. The number of carbonyl (C=O) groups is 2. The number of nitrogens with two attached hydrogens (primary N) is 1. The van der Waals surface area contributed by atoms with Crippen molar-refractivity contribution in [3.8, 4) is 11.1 Å². The first-order chi connectivity index (χ1) is 16.7. The van der Waals surface area contributed by atoms with Crippen molar-refractivity contribution in [1.29, 1.82) is 5.41 Å². The molecule has 0 aliphatic rings. The number of non-ortho nitro benzene ring substituents is 1. The number of carbonyl (C=O) groups excluding carboxylic acids is 2. The number of hydrogen-bond donors (Lipinski definition) is 3. The molecule has 0 radical (unpaired) electrons. The topological polar surface area (TPSA) is 148 Å². The zero-order valence-corrected chi connectivity index (χ0v) is 19.4. The third-order valence-corrected chi connectivity index (χ3v) is 5.70. The van der Waals surface area contributed by atoms with Crippen LogP contribution in [0.2, 0.25) is 0 Å². The van der Waals surface area contributed by atoms with Crippen LogP contribution in [0.4, 0.5) is 5.69 Å². The van der Waals surface area contributed by atoms with Crippen LogP contribution in [0.25, 0.3) is 11.1 Å². The lowest BCUT2D eigenvalue weighted by Crippen LogP contribution is -2.42. The largest absolute Gasteiger partial charge is 0.469 e. The van der Waals surface area contributed by atoms with Crippen molar-refractivity contribution in [2.45, 2.75) is 19.4 Å². The van der Waals surface area contributed by atoms with E-state index in [4.69, 9.17) is 15.9 Å². The maximum atomic E-state index is 12.9. The Balaban J connectivity index is 1.74. The van der Waals surface area contributed by atoms with Gasteiger partial charge in [0.25, 0.3) is 11.6 Å². The van der Waals surface area contributed by atoms with Crippen LogP contribution in [0.1, 0.15) is 28.4 Å². The highest BCUT2D eigenvalue weighted by Crippen LogP contribution is 2.24. The molecule has 3 aromatic carbocycles. The van der Waals surface area contributed by atoms with Crippen LogP contribution in [0.3, 0.4) is 0 Å². The van der Waals surface area contributed by atoms with E-state index in [1.807, 2.05) is 6.07 Å². The molecule has 4 N–H and O–H groups in total. The molecule has 1 amide bonds. The summed E-state index contributed by atoms with van der Waals surface area (Å²) in [4.78, 5) is 35.9. The number of ether oxygens (including phenoxy) is 1. The van der Waals surface area contributed by atoms with E-state index < -0.39 is 22.9 Å². The van der Waals surface area contributed by atoms with Gasteiger partial charge >= 0.3 is 5.97 Å². The Bertz CT molecular complexity index is 1260. The lowest BCUT2D eigenvalue weighted by atomic mass is 9.92. The Labute approximate surface area is 202 Å². The molecule has 9 nitrogen and oxygen atoms in total. The van der Waals surface area contributed by atoms with Gasteiger partial charge < -0.3 is 15.8 Å². The summed E-state index contributed by atoms with van der Waals surface area (Å²) in [6.45, 7) is 1.73. The number of hydrogen-bond acceptors (Lipinski definition) is 6. The molecule has 3 rings (SSSR count). The standard InChI is InChI=1S/C26H26N4O5/c1-16(23(26(32)35-2)14-17-5-3-7-21(13-17)24(27)28)29-25(31)19-11-9-18(10-12-19)20-6-4-8-22(15-20)30(33)34/h3-13,15-16,23H,14H2,1-2H3,(H3,27,28)(H,29,31). The van der Waals surface area contributed by atoms with E-state index in [1.54, 1.807) is 61.5 Å². The normalized spacial score (nSPS) is 12.3. The molecule has 2 atom stereocenters. The molecule has 2 unspecified atom stereocenters. The number of nitrogens with one attached hydrogen (secondary N) is 2. The second-order valence-corrected chi connectivity index (χ2v) is 8.09. The Morgan fingerprint density at radius 1 is 1.03 bits per heavy atom. The average Bonchev–Trinajstić information content (AvgIpc) is 2.87. The SMILES string of the molecule is COC(=O)C(Cc1cccc(C(=N)N)c1)C(C)NC(=O)c1ccc(-c2cccc([N+](=O)[O-])c2)cc1. The van der Waals surface area contributed by atoms with Gasteiger partial charge in [0, 0.05) is 29.3 Å². The minimum Gasteiger partial charge on any atom is -0.469 e. The number of nitrogen functional groups attached to an aromatic ring is 1. The fourth-order valence-electron chi connectivity index (χ4n) is 3.74. The smallest absolute Gasteiger partial charge is 0.311 e. The minimum absolute atomic E-state index is 0.0131. The molecule has 0 saturated carbocycles. The number of nitrogens with zero attached hydrogens (tertiary/aromatic N) is 1. The van der Waals surface area contributed by atoms with Crippen LogP contribution < -0.4 is 11.1 Å². The Morgan fingerprint density at radius 3 is 2.34 bits per heavy atom. The fourth-order valence-corrected chi connectivity index (χ4v) is 3.74. The summed E-state index contributed by atoms with van der Waals surface area (Å²) in [5.41, 5.74) is 8.66. The number of rotatable bonds is 9. The Kier molecular flexibility index (Phi) is 7.93. The number of benzene rings is 3. The lowest BCUT2D eigenvalue weighted by molar-refractivity contribution is -0.384. The van der Waals surface area contributed by atoms with Crippen LogP contribution in [-0.2, 0) is 16.0 Å². The van der Waals surface area contributed by atoms with Gasteiger partial charge in [0.15, 0.2) is 0 Å². The van der Waals surface area contributed by atoms with Crippen LogP contribution >= 0.6 is 0 Å². The molecule has 0 spiro atoms. The summed E-state index contributed by atoms with van der Waals surface area (Å²) in [5.74, 6) is -1.56. The van der Waals surface area contributed by atoms with E-state index >= 15 is 0 Å². The van der Waals surface area contributed by atoms with Crippen LogP contribution in [0, 0.1) is 21.4 Å². The predicted molar refractivity (Wildman–Crippen MR) is 132 cm³/mol. The van der Waals surface area contributed by atoms with Gasteiger partial charge in [-0.15, -0.1) is 0 Å². The van der Waals surface area contributed by atoms with E-state index in [1.165, 1.54) is 19.2 Å². The summed E-state index contributed by atoms with van der Waals surface area (Å²) in [6, 6.07) is 19.4. The molecule has 0 aromatic heterocycles. The molecule has 0 aliphatic carbocycles. The Morgan fingerprint density at radius 2 is 1.71 bits per heavy atom. The molecule has 0 aliphatic heterocycles. The van der Waals surface area contributed by atoms with E-state index in [-0.39, 0.29) is 17.4 Å². The highest BCUT2D eigenvalue weighted by molar-refractivity contribution is 5.95. The molecule has 0 heterocycles. The van der Waals surface area contributed by atoms with Gasteiger partial charge in [-0.1, -0.05) is 42.5 Å². The maximum absolute atomic E-state index is 12.9. The number of methoxy groups -OCH3 is 1. The molecular weight excluding hydrogens is 448 g/mol. The van der Waals surface area contributed by atoms with Gasteiger partial charge in [-0.2, -0.15) is 0 Å². The first-order valence-corrected chi connectivity index (χ1v) is 10.9. The highest BCUT2D eigenvalue weighted by Gasteiger charge is 2.28. The second-order valence-electron chi connectivity index (χ2n) is 8.09. The second kappa shape index (κ2) is 11.1. The fraction of sp³-hybridized carbons (Fsp3) is 0.192. The number of amides is 1. The summed E-state index contributed by atoms with van der Waals surface area (Å²) < 4.78 is 4.96. The van der Waals surface area contributed by atoms with Gasteiger partial charge in [0.05, 0.1) is 18.0 Å². The van der Waals surface area contributed by atoms with Gasteiger partial charge in [-0.25, -0.2) is 0 Å². The van der Waals surface area contributed by atoms with Crippen molar-refractivity contribution < 1.29 is 19.2 Å². The average molecular weight is 475 g/mol. The number of amidine groups is 1. The van der Waals surface area contributed by atoms with Gasteiger partial charge in [0.1, 0.15) is 5.84 Å². The van der Waals surface area contributed by atoms with Crippen LogP contribution in [0.5, 0.6) is 0 Å². The van der Waals surface area contributed by atoms with Gasteiger partial charge in [0.2, 0.25) is 0 Å². The monoisotopic (exact) mass is 474 g/mol. The van der Waals surface area contributed by atoms with Crippen LogP contribution in [0.15, 0.2) is 72.8 Å². The zero-order chi connectivity index (χ0) is 25.5. The third kappa shape index (κ3) is 6.29. The summed E-state index contributed by atoms with van der Waals surface area (Å²) in [7, 11) is 1.29. The summed E-state index contributed by atoms with van der Waals surface area (Å²) in [5, 5.41) is 21.5. The van der Waals surface area contributed by atoms with E-state index in [2.05, 4.69) is 5.32 Å². The van der Waals surface area contributed by atoms with Crippen molar-refractivity contribution in [3.05, 3.63) is 99.6 Å². The first-order valence-electron chi connectivity index (χ1n) is 10.9. The molecule has 35 heavy (non-hydrogen) atoms. The minimum atomic E-state index is -0.657. The van der Waals surface area contributed by atoms with E-state index in [0.29, 0.717) is 23.1 Å². The molecule has 9 heteroatoms. The van der Waals surface area contributed by atoms with Crippen molar-refractivity contribution in [3.63, 3.8) is 0 Å². The quantitative estimate of drug-likeness (QED) is 0.142. The summed E-state index contributed by atoms with van der Waals surface area (Å²) >= 11 is 0. The molecule has 0 fully saturated rings. The highest BCUT2D eigenvalue weighted by atomic mass is 16.6. The molecule has 180 valence electrons. The Hall–Kier alpha value is -4.53. The molecule has 3 aromatic rings. The number of nitro benzene ring substituents is 1. The predicted octanol–water partition coefficient (Wildman–Crippen LogP) is 3.70. The van der Waals surface area contributed by atoms with Crippen LogP contribution in [-0.4, -0.2) is 35.8 Å². The van der Waals surface area contributed by atoms with Crippen molar-refractivity contribution in [1.82, 2.24) is 5.32 Å². The zero-order valence-electron chi connectivity index (χ0n) is 19.4.